The second kappa shape index (κ2) is 5.74. The molecular weight excluding hydrogens is 303 g/mol. The molecule has 0 bridgehead atoms. The zero-order valence-electron chi connectivity index (χ0n) is 8.19. The molecule has 0 N–H and O–H groups in total. The van der Waals surface area contributed by atoms with E-state index < -0.39 is 0 Å². The van der Waals surface area contributed by atoms with Crippen LogP contribution < -0.4 is 0 Å². The topological polar surface area (TPSA) is 0 Å². The van der Waals surface area contributed by atoms with Crippen LogP contribution >= 0.6 is 50.5 Å². The first kappa shape index (κ1) is 12.8. The van der Waals surface area contributed by atoms with Crippen molar-refractivity contribution in [2.45, 2.75) is 31.5 Å². The van der Waals surface area contributed by atoms with E-state index in [0.29, 0.717) is 10.7 Å². The van der Waals surface area contributed by atoms with E-state index in [2.05, 4.69) is 29.8 Å². The first-order chi connectivity index (χ1) is 6.56. The van der Waals surface area contributed by atoms with E-state index in [9.17, 15) is 0 Å². The summed E-state index contributed by atoms with van der Waals surface area (Å²) in [7, 11) is 0. The van der Waals surface area contributed by atoms with E-state index in [0.717, 1.165) is 14.2 Å². The molecule has 4 heteroatoms. The zero-order valence-corrected chi connectivity index (χ0v) is 12.1. The summed E-state index contributed by atoms with van der Waals surface area (Å²) >= 11 is 17.1. The highest BCUT2D eigenvalue weighted by molar-refractivity contribution is 9.09. The van der Waals surface area contributed by atoms with Crippen LogP contribution in [0, 0.1) is 5.92 Å². The van der Waals surface area contributed by atoms with Gasteiger partial charge >= 0.3 is 0 Å². The maximum atomic E-state index is 6.09. The van der Waals surface area contributed by atoms with Gasteiger partial charge in [0, 0.05) is 4.83 Å². The molecule has 1 aromatic rings. The molecule has 2 unspecified atom stereocenters. The normalized spacial score (nSPS) is 15.5. The number of hydrogen-bond acceptors (Lipinski definition) is 1. The molecule has 0 aliphatic carbocycles. The predicted octanol–water partition coefficient (Wildman–Crippen LogP) is 5.93. The monoisotopic (exact) mass is 314 g/mol. The second-order valence-corrected chi connectivity index (χ2v) is 6.72. The highest BCUT2D eigenvalue weighted by atomic mass is 79.9. The number of hydrogen-bond donors (Lipinski definition) is 0. The molecule has 14 heavy (non-hydrogen) atoms. The van der Waals surface area contributed by atoms with Crippen molar-refractivity contribution in [2.24, 2.45) is 5.92 Å². The highest BCUT2D eigenvalue weighted by Gasteiger charge is 2.20. The molecule has 0 spiro atoms. The van der Waals surface area contributed by atoms with E-state index in [1.54, 1.807) is 0 Å². The Hall–Kier alpha value is 0.760. The Bertz CT molecular complexity index is 298. The Morgan fingerprint density at radius 3 is 2.57 bits per heavy atom. The fraction of sp³-hybridized carbons (Fsp3) is 0.600. The summed E-state index contributed by atoms with van der Waals surface area (Å²) in [6.45, 7) is 4.42. The Labute approximate surface area is 108 Å². The summed E-state index contributed by atoms with van der Waals surface area (Å²) in [5, 5.41) is 0. The van der Waals surface area contributed by atoms with Crippen molar-refractivity contribution < 1.29 is 0 Å². The van der Waals surface area contributed by atoms with Gasteiger partial charge in [0.2, 0.25) is 0 Å². The zero-order chi connectivity index (χ0) is 10.7. The van der Waals surface area contributed by atoms with Gasteiger partial charge in [-0.1, -0.05) is 59.4 Å². The highest BCUT2D eigenvalue weighted by Crippen LogP contribution is 2.42. The van der Waals surface area contributed by atoms with Gasteiger partial charge < -0.3 is 0 Å². The minimum absolute atomic E-state index is 0.318. The second-order valence-electron chi connectivity index (χ2n) is 3.45. The third-order valence-electron chi connectivity index (χ3n) is 2.22. The van der Waals surface area contributed by atoms with E-state index >= 15 is 0 Å². The summed E-state index contributed by atoms with van der Waals surface area (Å²) < 4.78 is 1.57. The van der Waals surface area contributed by atoms with Crippen LogP contribution in [0.5, 0.6) is 0 Å². The Balaban J connectivity index is 2.77. The molecule has 0 radical (unpaired) electrons. The maximum Gasteiger partial charge on any atom is 0.0987 e. The lowest BCUT2D eigenvalue weighted by atomic mass is 9.99. The molecule has 0 saturated heterocycles. The van der Waals surface area contributed by atoms with Gasteiger partial charge in [-0.15, -0.1) is 11.3 Å². The molecule has 1 aromatic heterocycles. The van der Waals surface area contributed by atoms with Crippen molar-refractivity contribution in [3.63, 3.8) is 0 Å². The molecule has 80 valence electrons. The first-order valence-electron chi connectivity index (χ1n) is 4.65. The van der Waals surface area contributed by atoms with Crippen LogP contribution in [0.1, 0.15) is 37.1 Å². The predicted molar refractivity (Wildman–Crippen MR) is 70.1 cm³/mol. The molecule has 0 aliphatic heterocycles. The number of thiophene rings is 1. The molecule has 2 atom stereocenters. The van der Waals surface area contributed by atoms with Gasteiger partial charge in [0.05, 0.1) is 8.67 Å². The summed E-state index contributed by atoms with van der Waals surface area (Å²) in [6.07, 6.45) is 2.39. The van der Waals surface area contributed by atoms with Crippen LogP contribution in [-0.2, 0) is 0 Å². The number of halogens is 3. The average Bonchev–Trinajstić information content (AvgIpc) is 2.44. The van der Waals surface area contributed by atoms with Crippen LogP contribution in [0.15, 0.2) is 6.07 Å². The maximum absolute atomic E-state index is 6.09. The van der Waals surface area contributed by atoms with E-state index in [1.807, 2.05) is 6.07 Å². The SMILES string of the molecule is CCCC(C)C(Br)c1cc(Cl)sc1Cl. The van der Waals surface area contributed by atoms with Crippen LogP contribution in [-0.4, -0.2) is 0 Å². The third-order valence-corrected chi connectivity index (χ3v) is 5.14. The van der Waals surface area contributed by atoms with Gasteiger partial charge in [-0.3, -0.25) is 0 Å². The smallest absolute Gasteiger partial charge is 0.0987 e. The van der Waals surface area contributed by atoms with Gasteiger partial charge in [-0.25, -0.2) is 0 Å². The molecule has 1 rings (SSSR count). The minimum Gasteiger partial charge on any atom is -0.111 e. The van der Waals surface area contributed by atoms with Crippen molar-refractivity contribution in [3.05, 3.63) is 20.3 Å². The lowest BCUT2D eigenvalue weighted by Crippen LogP contribution is -2.02. The van der Waals surface area contributed by atoms with Crippen LogP contribution in [0.4, 0.5) is 0 Å². The van der Waals surface area contributed by atoms with E-state index in [-0.39, 0.29) is 0 Å². The average molecular weight is 316 g/mol. The van der Waals surface area contributed by atoms with Crippen molar-refractivity contribution in [3.8, 4) is 0 Å². The summed E-state index contributed by atoms with van der Waals surface area (Å²) in [4.78, 5) is 0.318. The molecule has 0 fully saturated rings. The largest absolute Gasteiger partial charge is 0.111 e. The van der Waals surface area contributed by atoms with Gasteiger partial charge in [-0.05, 0) is 24.0 Å². The Morgan fingerprint density at radius 2 is 2.14 bits per heavy atom. The van der Waals surface area contributed by atoms with Crippen LogP contribution in [0.25, 0.3) is 0 Å². The fourth-order valence-electron chi connectivity index (χ4n) is 1.45. The molecule has 0 nitrogen and oxygen atoms in total. The lowest BCUT2D eigenvalue weighted by molar-refractivity contribution is 0.519. The van der Waals surface area contributed by atoms with Crippen molar-refractivity contribution in [2.75, 3.05) is 0 Å². The van der Waals surface area contributed by atoms with Crippen LogP contribution in [0.3, 0.4) is 0 Å². The van der Waals surface area contributed by atoms with Crippen molar-refractivity contribution in [1.82, 2.24) is 0 Å². The van der Waals surface area contributed by atoms with E-state index in [1.165, 1.54) is 24.2 Å². The van der Waals surface area contributed by atoms with Gasteiger partial charge in [0.1, 0.15) is 0 Å². The van der Waals surface area contributed by atoms with Crippen molar-refractivity contribution in [1.29, 1.82) is 0 Å². The quantitative estimate of drug-likeness (QED) is 0.604. The molecule has 0 amide bonds. The van der Waals surface area contributed by atoms with Crippen molar-refractivity contribution >= 4 is 50.5 Å². The molecule has 1 heterocycles. The van der Waals surface area contributed by atoms with E-state index in [4.69, 9.17) is 23.2 Å². The van der Waals surface area contributed by atoms with Gasteiger partial charge in [0.25, 0.3) is 0 Å². The fourth-order valence-corrected chi connectivity index (χ4v) is 3.91. The lowest BCUT2D eigenvalue weighted by Gasteiger charge is -2.16. The summed E-state index contributed by atoms with van der Waals surface area (Å²) in [6, 6.07) is 1.96. The minimum atomic E-state index is 0.318. The summed E-state index contributed by atoms with van der Waals surface area (Å²) in [5.74, 6) is 0.586. The summed E-state index contributed by atoms with van der Waals surface area (Å²) in [5.41, 5.74) is 1.13. The van der Waals surface area contributed by atoms with Crippen LogP contribution in [0.2, 0.25) is 8.67 Å². The third kappa shape index (κ3) is 3.13. The van der Waals surface area contributed by atoms with Gasteiger partial charge in [-0.2, -0.15) is 0 Å². The Kier molecular flexibility index (Phi) is 5.26. The molecular formula is C10H13BrCl2S. The number of alkyl halides is 1. The van der Waals surface area contributed by atoms with Gasteiger partial charge in [0.15, 0.2) is 0 Å². The molecule has 0 saturated carbocycles. The first-order valence-corrected chi connectivity index (χ1v) is 7.13. The molecule has 0 aliphatic rings. The standard InChI is InChI=1S/C10H13BrCl2S/c1-3-4-6(2)9(11)7-5-8(12)14-10(7)13/h5-6,9H,3-4H2,1-2H3. The Morgan fingerprint density at radius 1 is 1.50 bits per heavy atom. The number of rotatable bonds is 4. The molecule has 0 aromatic carbocycles.